The molecule has 7 heteroatoms. The van der Waals surface area contributed by atoms with Crippen LogP contribution in [0.4, 0.5) is 0 Å². The molecule has 2 aromatic carbocycles. The van der Waals surface area contributed by atoms with Gasteiger partial charge in [-0.3, -0.25) is 4.79 Å². The smallest absolute Gasteiger partial charge is 0.251 e. The Morgan fingerprint density at radius 3 is 2.32 bits per heavy atom. The zero-order chi connectivity index (χ0) is 22.4. The second-order valence-electron chi connectivity index (χ2n) is 8.29. The fourth-order valence-electron chi connectivity index (χ4n) is 3.64. The molecule has 31 heavy (non-hydrogen) atoms. The van der Waals surface area contributed by atoms with Crippen molar-refractivity contribution in [3.63, 3.8) is 0 Å². The Bertz CT molecular complexity index is 995. The molecule has 168 valence electrons. The molecular weight excluding hydrogens is 412 g/mol. The summed E-state index contributed by atoms with van der Waals surface area (Å²) >= 11 is 0. The zero-order valence-electron chi connectivity index (χ0n) is 18.6. The fraction of sp³-hybridized carbons (Fsp3) is 0.458. The first-order chi connectivity index (χ1) is 14.8. The zero-order valence-corrected chi connectivity index (χ0v) is 19.4. The van der Waals surface area contributed by atoms with Crippen molar-refractivity contribution in [1.82, 2.24) is 9.62 Å². The summed E-state index contributed by atoms with van der Waals surface area (Å²) in [4.78, 5) is 13.0. The van der Waals surface area contributed by atoms with Gasteiger partial charge < -0.3 is 10.1 Å². The van der Waals surface area contributed by atoms with Crippen LogP contribution in [-0.2, 0) is 10.0 Å². The summed E-state index contributed by atoms with van der Waals surface area (Å²) in [7, 11) is -3.61. The second-order valence-corrected chi connectivity index (χ2v) is 10.2. The number of hydrogen-bond donors (Lipinski definition) is 1. The number of hydrogen-bond acceptors (Lipinski definition) is 4. The summed E-state index contributed by atoms with van der Waals surface area (Å²) in [6.45, 7) is 7.07. The lowest BCUT2D eigenvalue weighted by Gasteiger charge is -2.21. The molecule has 1 saturated heterocycles. The molecular formula is C24H32N2O4S. The molecule has 0 unspecified atom stereocenters. The molecule has 1 fully saturated rings. The van der Waals surface area contributed by atoms with Crippen molar-refractivity contribution in [1.29, 1.82) is 0 Å². The molecule has 1 aliphatic heterocycles. The van der Waals surface area contributed by atoms with E-state index < -0.39 is 10.0 Å². The van der Waals surface area contributed by atoms with Crippen LogP contribution in [0.5, 0.6) is 5.75 Å². The predicted molar refractivity (Wildman–Crippen MR) is 122 cm³/mol. The third-order valence-electron chi connectivity index (χ3n) is 5.55. The number of aryl methyl sites for hydroxylation is 2. The van der Waals surface area contributed by atoms with Gasteiger partial charge in [-0.2, -0.15) is 4.31 Å². The second kappa shape index (κ2) is 10.3. The molecule has 0 saturated carbocycles. The topological polar surface area (TPSA) is 75.7 Å². The normalized spacial score (nSPS) is 16.4. The van der Waals surface area contributed by atoms with Gasteiger partial charge in [-0.15, -0.1) is 0 Å². The average molecular weight is 445 g/mol. The molecule has 2 aromatic rings. The average Bonchev–Trinajstić information content (AvgIpc) is 3.03. The van der Waals surface area contributed by atoms with Crippen molar-refractivity contribution < 1.29 is 17.9 Å². The molecule has 0 radical (unpaired) electrons. The number of sulfonamides is 1. The molecule has 1 N–H and O–H groups in total. The molecule has 6 nitrogen and oxygen atoms in total. The van der Waals surface area contributed by atoms with E-state index in [0.717, 1.165) is 42.6 Å². The van der Waals surface area contributed by atoms with E-state index in [-0.39, 0.29) is 16.8 Å². The molecule has 0 spiro atoms. The highest BCUT2D eigenvalue weighted by Crippen LogP contribution is 2.23. The van der Waals surface area contributed by atoms with Crippen LogP contribution in [0.15, 0.2) is 47.4 Å². The number of carbonyl (C=O) groups is 1. The van der Waals surface area contributed by atoms with Gasteiger partial charge in [0.1, 0.15) is 12.4 Å². The van der Waals surface area contributed by atoms with Gasteiger partial charge in [0, 0.05) is 18.7 Å². The highest BCUT2D eigenvalue weighted by Gasteiger charge is 2.26. The fourth-order valence-corrected chi connectivity index (χ4v) is 5.18. The standard InChI is InChI=1S/C24H32N2O4S/c1-18-8-11-21(12-9-18)30-17-20(3)25-24(27)23-16-22(13-10-19(23)2)31(28,29)26-14-6-4-5-7-15-26/h8-13,16,20H,4-7,14-15,17H2,1-3H3,(H,25,27)/t20-/m0/s1. The number of rotatable bonds is 7. The largest absolute Gasteiger partial charge is 0.491 e. The van der Waals surface area contributed by atoms with Gasteiger partial charge in [0.05, 0.1) is 10.9 Å². The summed E-state index contributed by atoms with van der Waals surface area (Å²) in [6, 6.07) is 12.3. The van der Waals surface area contributed by atoms with E-state index in [1.165, 1.54) is 6.07 Å². The van der Waals surface area contributed by atoms with E-state index in [1.54, 1.807) is 16.4 Å². The minimum absolute atomic E-state index is 0.175. The monoisotopic (exact) mass is 444 g/mol. The highest BCUT2D eigenvalue weighted by atomic mass is 32.2. The summed E-state index contributed by atoms with van der Waals surface area (Å²) in [5, 5.41) is 2.91. The van der Waals surface area contributed by atoms with Gasteiger partial charge in [-0.25, -0.2) is 8.42 Å². The Morgan fingerprint density at radius 2 is 1.68 bits per heavy atom. The van der Waals surface area contributed by atoms with Gasteiger partial charge in [0.2, 0.25) is 10.0 Å². The van der Waals surface area contributed by atoms with Crippen molar-refractivity contribution in [2.45, 2.75) is 57.4 Å². The minimum atomic E-state index is -3.61. The van der Waals surface area contributed by atoms with E-state index in [4.69, 9.17) is 4.74 Å². The maximum Gasteiger partial charge on any atom is 0.251 e. The molecule has 1 aliphatic rings. The van der Waals surface area contributed by atoms with Crippen LogP contribution in [0.1, 0.15) is 54.1 Å². The lowest BCUT2D eigenvalue weighted by atomic mass is 10.1. The molecule has 1 heterocycles. The van der Waals surface area contributed by atoms with E-state index in [9.17, 15) is 13.2 Å². The van der Waals surface area contributed by atoms with Gasteiger partial charge in [0.15, 0.2) is 0 Å². The number of carbonyl (C=O) groups excluding carboxylic acids is 1. The number of nitrogens with one attached hydrogen (secondary N) is 1. The van der Waals surface area contributed by atoms with Crippen LogP contribution >= 0.6 is 0 Å². The quantitative estimate of drug-likeness (QED) is 0.699. The van der Waals surface area contributed by atoms with Crippen molar-refractivity contribution in [2.24, 2.45) is 0 Å². The third kappa shape index (κ3) is 6.08. The first-order valence-electron chi connectivity index (χ1n) is 10.9. The van der Waals surface area contributed by atoms with E-state index in [2.05, 4.69) is 5.32 Å². The van der Waals surface area contributed by atoms with Crippen molar-refractivity contribution in [3.8, 4) is 5.75 Å². The molecule has 1 amide bonds. The van der Waals surface area contributed by atoms with Gasteiger partial charge >= 0.3 is 0 Å². The minimum Gasteiger partial charge on any atom is -0.491 e. The van der Waals surface area contributed by atoms with E-state index in [1.807, 2.05) is 45.0 Å². The van der Waals surface area contributed by atoms with Gasteiger partial charge in [-0.05, 0) is 63.4 Å². The lowest BCUT2D eigenvalue weighted by Crippen LogP contribution is -2.37. The molecule has 0 bridgehead atoms. The Kier molecular flexibility index (Phi) is 7.73. The molecule has 1 atom stereocenters. The van der Waals surface area contributed by atoms with Crippen molar-refractivity contribution in [3.05, 3.63) is 59.2 Å². The van der Waals surface area contributed by atoms with Gasteiger partial charge in [-0.1, -0.05) is 36.6 Å². The SMILES string of the molecule is Cc1ccc(OC[C@H](C)NC(=O)c2cc(S(=O)(=O)N3CCCCCC3)ccc2C)cc1. The molecule has 0 aliphatic carbocycles. The van der Waals surface area contributed by atoms with Gasteiger partial charge in [0.25, 0.3) is 5.91 Å². The number of amides is 1. The Hall–Kier alpha value is -2.38. The highest BCUT2D eigenvalue weighted by molar-refractivity contribution is 7.89. The predicted octanol–water partition coefficient (Wildman–Crippen LogP) is 4.07. The maximum atomic E-state index is 13.1. The Morgan fingerprint density at radius 1 is 1.03 bits per heavy atom. The lowest BCUT2D eigenvalue weighted by molar-refractivity contribution is 0.0926. The first-order valence-corrected chi connectivity index (χ1v) is 12.3. The van der Waals surface area contributed by atoms with Crippen LogP contribution in [0, 0.1) is 13.8 Å². The summed E-state index contributed by atoms with van der Waals surface area (Å²) in [5.41, 5.74) is 2.26. The number of nitrogens with zero attached hydrogens (tertiary/aromatic N) is 1. The van der Waals surface area contributed by atoms with Crippen molar-refractivity contribution >= 4 is 15.9 Å². The third-order valence-corrected chi connectivity index (χ3v) is 7.45. The number of benzene rings is 2. The maximum absolute atomic E-state index is 13.1. The van der Waals surface area contributed by atoms with Crippen LogP contribution in [-0.4, -0.2) is 44.4 Å². The van der Waals surface area contributed by atoms with E-state index >= 15 is 0 Å². The summed E-state index contributed by atoms with van der Waals surface area (Å²) in [5.74, 6) is 0.443. The Labute approximate surface area is 185 Å². The van der Waals surface area contributed by atoms with Crippen LogP contribution in [0.25, 0.3) is 0 Å². The summed E-state index contributed by atoms with van der Waals surface area (Å²) < 4.78 is 33.5. The van der Waals surface area contributed by atoms with Crippen LogP contribution < -0.4 is 10.1 Å². The molecule has 0 aromatic heterocycles. The number of ether oxygens (including phenoxy) is 1. The van der Waals surface area contributed by atoms with Crippen LogP contribution in [0.2, 0.25) is 0 Å². The first kappa shape index (κ1) is 23.3. The Balaban J connectivity index is 1.68. The molecule has 3 rings (SSSR count). The summed E-state index contributed by atoms with van der Waals surface area (Å²) in [6.07, 6.45) is 3.85. The van der Waals surface area contributed by atoms with Crippen LogP contribution in [0.3, 0.4) is 0 Å². The van der Waals surface area contributed by atoms with E-state index in [0.29, 0.717) is 25.3 Å². The van der Waals surface area contributed by atoms with Crippen molar-refractivity contribution in [2.75, 3.05) is 19.7 Å².